The summed E-state index contributed by atoms with van der Waals surface area (Å²) >= 11 is 0. The van der Waals surface area contributed by atoms with Crippen molar-refractivity contribution in [1.29, 1.82) is 0 Å². The minimum absolute atomic E-state index is 0.901. The van der Waals surface area contributed by atoms with Crippen molar-refractivity contribution in [2.24, 2.45) is 0 Å². The SMILES string of the molecule is C=CCN(CC=C)CC=C.O=C(O)O. The zero-order valence-electron chi connectivity index (χ0n) is 8.22. The molecule has 0 bridgehead atoms. The van der Waals surface area contributed by atoms with Crippen LogP contribution in [0.1, 0.15) is 0 Å². The van der Waals surface area contributed by atoms with E-state index in [2.05, 4.69) is 24.6 Å². The van der Waals surface area contributed by atoms with Gasteiger partial charge in [0.05, 0.1) is 0 Å². The van der Waals surface area contributed by atoms with Crippen LogP contribution in [0.5, 0.6) is 0 Å². The molecule has 0 aromatic rings. The molecular weight excluding hydrogens is 182 g/mol. The third-order valence-corrected chi connectivity index (χ3v) is 1.16. The lowest BCUT2D eigenvalue weighted by Gasteiger charge is -2.15. The van der Waals surface area contributed by atoms with Gasteiger partial charge in [0.15, 0.2) is 0 Å². The first-order valence-corrected chi connectivity index (χ1v) is 4.05. The summed E-state index contributed by atoms with van der Waals surface area (Å²) in [6.07, 6.45) is 3.81. The molecule has 0 radical (unpaired) electrons. The van der Waals surface area contributed by atoms with Crippen LogP contribution in [-0.4, -0.2) is 40.9 Å². The molecule has 4 heteroatoms. The van der Waals surface area contributed by atoms with Crippen molar-refractivity contribution in [1.82, 2.24) is 4.90 Å². The average molecular weight is 199 g/mol. The van der Waals surface area contributed by atoms with Gasteiger partial charge < -0.3 is 10.2 Å². The van der Waals surface area contributed by atoms with E-state index in [0.29, 0.717) is 0 Å². The van der Waals surface area contributed by atoms with Crippen molar-refractivity contribution in [3.8, 4) is 0 Å². The van der Waals surface area contributed by atoms with E-state index < -0.39 is 6.16 Å². The lowest BCUT2D eigenvalue weighted by atomic mass is 10.4. The summed E-state index contributed by atoms with van der Waals surface area (Å²) in [6.45, 7) is 13.7. The van der Waals surface area contributed by atoms with Gasteiger partial charge in [-0.15, -0.1) is 19.7 Å². The van der Waals surface area contributed by atoms with Crippen molar-refractivity contribution in [3.05, 3.63) is 38.0 Å². The second-order valence-electron chi connectivity index (χ2n) is 2.37. The molecule has 0 atom stereocenters. The van der Waals surface area contributed by atoms with Crippen LogP contribution in [0.15, 0.2) is 38.0 Å². The Balaban J connectivity index is 0. The minimum Gasteiger partial charge on any atom is -0.450 e. The first-order valence-electron chi connectivity index (χ1n) is 4.05. The fraction of sp³-hybridized carbons (Fsp3) is 0.300. The van der Waals surface area contributed by atoms with Crippen molar-refractivity contribution < 1.29 is 15.0 Å². The molecule has 0 saturated carbocycles. The molecule has 80 valence electrons. The predicted molar refractivity (Wildman–Crippen MR) is 57.7 cm³/mol. The molecule has 4 nitrogen and oxygen atoms in total. The summed E-state index contributed by atoms with van der Waals surface area (Å²) in [5, 5.41) is 13.9. The Morgan fingerprint density at radius 1 is 1.00 bits per heavy atom. The van der Waals surface area contributed by atoms with Crippen molar-refractivity contribution in [2.45, 2.75) is 0 Å². The van der Waals surface area contributed by atoms with E-state index in [4.69, 9.17) is 15.0 Å². The highest BCUT2D eigenvalue weighted by atomic mass is 16.6. The van der Waals surface area contributed by atoms with Crippen LogP contribution in [0.25, 0.3) is 0 Å². The first kappa shape index (κ1) is 14.9. The van der Waals surface area contributed by atoms with E-state index in [1.807, 2.05) is 18.2 Å². The maximum atomic E-state index is 8.56. The molecule has 0 rings (SSSR count). The maximum Gasteiger partial charge on any atom is 0.503 e. The van der Waals surface area contributed by atoms with E-state index in [1.54, 1.807) is 0 Å². The Labute approximate surface area is 84.5 Å². The molecule has 0 aromatic heterocycles. The molecular formula is C10H17NO3. The number of rotatable bonds is 6. The summed E-state index contributed by atoms with van der Waals surface area (Å²) in [6, 6.07) is 0. The van der Waals surface area contributed by atoms with Gasteiger partial charge in [-0.1, -0.05) is 18.2 Å². The fourth-order valence-electron chi connectivity index (χ4n) is 0.771. The van der Waals surface area contributed by atoms with Crippen LogP contribution in [0.3, 0.4) is 0 Å². The van der Waals surface area contributed by atoms with Gasteiger partial charge in [-0.05, 0) is 0 Å². The lowest BCUT2D eigenvalue weighted by Crippen LogP contribution is -2.23. The quantitative estimate of drug-likeness (QED) is 0.643. The molecule has 0 saturated heterocycles. The van der Waals surface area contributed by atoms with E-state index in [9.17, 15) is 0 Å². The number of carbonyl (C=O) groups is 1. The summed E-state index contributed by atoms with van der Waals surface area (Å²) in [4.78, 5) is 10.7. The van der Waals surface area contributed by atoms with Gasteiger partial charge in [0, 0.05) is 19.6 Å². The van der Waals surface area contributed by atoms with Gasteiger partial charge in [0.25, 0.3) is 0 Å². The highest BCUT2D eigenvalue weighted by Crippen LogP contribution is 1.88. The van der Waals surface area contributed by atoms with Gasteiger partial charge in [-0.25, -0.2) is 4.79 Å². The van der Waals surface area contributed by atoms with Gasteiger partial charge in [0.2, 0.25) is 0 Å². The summed E-state index contributed by atoms with van der Waals surface area (Å²) in [5.41, 5.74) is 0. The molecule has 0 aliphatic carbocycles. The van der Waals surface area contributed by atoms with Crippen molar-refractivity contribution in [2.75, 3.05) is 19.6 Å². The molecule has 0 aliphatic rings. The van der Waals surface area contributed by atoms with E-state index in [0.717, 1.165) is 19.6 Å². The van der Waals surface area contributed by atoms with Crippen LogP contribution in [-0.2, 0) is 0 Å². The second kappa shape index (κ2) is 11.4. The molecule has 0 aromatic carbocycles. The number of hydrogen-bond acceptors (Lipinski definition) is 2. The van der Waals surface area contributed by atoms with Crippen molar-refractivity contribution in [3.63, 3.8) is 0 Å². The van der Waals surface area contributed by atoms with E-state index in [1.165, 1.54) is 0 Å². The molecule has 0 spiro atoms. The van der Waals surface area contributed by atoms with Crippen LogP contribution >= 0.6 is 0 Å². The lowest BCUT2D eigenvalue weighted by molar-refractivity contribution is 0.137. The van der Waals surface area contributed by atoms with E-state index >= 15 is 0 Å². The van der Waals surface area contributed by atoms with Gasteiger partial charge in [-0.3, -0.25) is 4.90 Å². The normalized spacial score (nSPS) is 8.36. The Kier molecular flexibility index (Phi) is 12.2. The van der Waals surface area contributed by atoms with Crippen LogP contribution in [0.4, 0.5) is 4.79 Å². The zero-order valence-corrected chi connectivity index (χ0v) is 8.22. The van der Waals surface area contributed by atoms with Crippen molar-refractivity contribution >= 4 is 6.16 Å². The van der Waals surface area contributed by atoms with Gasteiger partial charge in [-0.2, -0.15) is 0 Å². The summed E-state index contributed by atoms with van der Waals surface area (Å²) < 4.78 is 0. The number of nitrogens with zero attached hydrogens (tertiary/aromatic N) is 1. The predicted octanol–water partition coefficient (Wildman–Crippen LogP) is 2.07. The Morgan fingerprint density at radius 3 is 1.36 bits per heavy atom. The molecule has 0 aliphatic heterocycles. The first-order chi connectivity index (χ1) is 6.58. The zero-order chi connectivity index (χ0) is 11.4. The highest BCUT2D eigenvalue weighted by molar-refractivity contribution is 5.53. The summed E-state index contributed by atoms with van der Waals surface area (Å²) in [7, 11) is 0. The molecule has 2 N–H and O–H groups in total. The monoisotopic (exact) mass is 199 g/mol. The van der Waals surface area contributed by atoms with Gasteiger partial charge in [0.1, 0.15) is 0 Å². The van der Waals surface area contributed by atoms with Crippen LogP contribution in [0, 0.1) is 0 Å². The van der Waals surface area contributed by atoms with E-state index in [-0.39, 0.29) is 0 Å². The molecule has 0 fully saturated rings. The second-order valence-corrected chi connectivity index (χ2v) is 2.37. The average Bonchev–Trinajstić information content (AvgIpc) is 2.04. The Morgan fingerprint density at radius 2 is 1.21 bits per heavy atom. The number of hydrogen-bond donors (Lipinski definition) is 2. The molecule has 0 unspecified atom stereocenters. The number of carboxylic acid groups (broad SMARTS) is 2. The smallest absolute Gasteiger partial charge is 0.450 e. The molecule has 0 heterocycles. The Hall–Kier alpha value is -1.55. The molecule has 14 heavy (non-hydrogen) atoms. The summed E-state index contributed by atoms with van der Waals surface area (Å²) in [5.74, 6) is 0. The highest BCUT2D eigenvalue weighted by Gasteiger charge is 1.94. The largest absolute Gasteiger partial charge is 0.503 e. The topological polar surface area (TPSA) is 60.8 Å². The van der Waals surface area contributed by atoms with Gasteiger partial charge >= 0.3 is 6.16 Å². The molecule has 0 amide bonds. The minimum atomic E-state index is -1.83. The fourth-order valence-corrected chi connectivity index (χ4v) is 0.771. The third-order valence-electron chi connectivity index (χ3n) is 1.16. The maximum absolute atomic E-state index is 8.56. The Bertz CT molecular complexity index is 162. The third kappa shape index (κ3) is 16.8. The van der Waals surface area contributed by atoms with Crippen LogP contribution < -0.4 is 0 Å². The standard InChI is InChI=1S/C9H15N.CH2O3/c1-4-7-10(8-5-2)9-6-3;2-1(3)4/h4-6H,1-3,7-9H2;(H2,2,3,4). The van der Waals surface area contributed by atoms with Crippen LogP contribution in [0.2, 0.25) is 0 Å².